The molecule has 0 saturated carbocycles. The smallest absolute Gasteiger partial charge is 0.251 e. The lowest BCUT2D eigenvalue weighted by Crippen LogP contribution is -2.40. The maximum atomic E-state index is 13.9. The van der Waals surface area contributed by atoms with Crippen molar-refractivity contribution in [1.29, 1.82) is 0 Å². The number of rotatable bonds is 5. The molecule has 2 aliphatic rings. The van der Waals surface area contributed by atoms with Gasteiger partial charge in [0.2, 0.25) is 5.91 Å². The quantitative estimate of drug-likeness (QED) is 0.485. The third-order valence-electron chi connectivity index (χ3n) is 6.82. The molecule has 5 rings (SSSR count). The molecule has 10 heteroatoms. The molecule has 2 aromatic heterocycles. The van der Waals surface area contributed by atoms with E-state index in [1.807, 2.05) is 25.1 Å². The minimum atomic E-state index is -2.74. The lowest BCUT2D eigenvalue weighted by molar-refractivity contribution is -0.115. The molecule has 2 aliphatic heterocycles. The van der Waals surface area contributed by atoms with Gasteiger partial charge in [0.05, 0.1) is 12.1 Å². The number of aryl methyl sites for hydroxylation is 1. The zero-order chi connectivity index (χ0) is 26.2. The first-order valence-electron chi connectivity index (χ1n) is 12.2. The maximum absolute atomic E-state index is 13.9. The first-order chi connectivity index (χ1) is 17.7. The molecule has 0 aliphatic carbocycles. The third kappa shape index (κ3) is 5.68. The van der Waals surface area contributed by atoms with Crippen LogP contribution < -0.4 is 15.1 Å². The number of amides is 1. The fraction of sp³-hybridized carbons (Fsp3) is 0.370. The van der Waals surface area contributed by atoms with Crippen molar-refractivity contribution in [2.75, 3.05) is 34.8 Å². The Balaban J connectivity index is 1.44. The average molecular weight is 514 g/mol. The summed E-state index contributed by atoms with van der Waals surface area (Å²) in [5.41, 5.74) is 3.47. The second kappa shape index (κ2) is 9.99. The van der Waals surface area contributed by atoms with Crippen molar-refractivity contribution in [2.45, 2.75) is 45.1 Å². The van der Waals surface area contributed by atoms with E-state index in [-0.39, 0.29) is 37.9 Å². The number of hydrogen-bond acceptors (Lipinski definition) is 5. The van der Waals surface area contributed by atoms with Gasteiger partial charge in [-0.1, -0.05) is 6.07 Å². The number of benzene rings is 1. The Kier molecular flexibility index (Phi) is 6.74. The predicted octanol–water partition coefficient (Wildman–Crippen LogP) is 5.04. The summed E-state index contributed by atoms with van der Waals surface area (Å²) in [5.74, 6) is -3.65. The molecular weight excluding hydrogens is 486 g/mol. The largest absolute Gasteiger partial charge is 0.354 e. The number of aromatic nitrogens is 2. The van der Waals surface area contributed by atoms with Gasteiger partial charge in [0.25, 0.3) is 5.92 Å². The number of alkyl halides is 2. The van der Waals surface area contributed by atoms with Crippen LogP contribution in [0.1, 0.15) is 35.2 Å². The molecule has 3 aromatic rings. The summed E-state index contributed by atoms with van der Waals surface area (Å²) in [6.45, 7) is 3.32. The zero-order valence-electron chi connectivity index (χ0n) is 20.4. The van der Waals surface area contributed by atoms with Crippen molar-refractivity contribution in [3.05, 3.63) is 76.6 Å². The molecule has 1 N–H and O–H groups in total. The summed E-state index contributed by atoms with van der Waals surface area (Å²) in [5, 5.41) is 2.83. The highest BCUT2D eigenvalue weighted by molar-refractivity contribution is 5.96. The second-order valence-corrected chi connectivity index (χ2v) is 9.62. The van der Waals surface area contributed by atoms with Crippen LogP contribution in [0.15, 0.2) is 42.6 Å². The predicted molar refractivity (Wildman–Crippen MR) is 133 cm³/mol. The van der Waals surface area contributed by atoms with Crippen LogP contribution in [0.4, 0.5) is 34.9 Å². The van der Waals surface area contributed by atoms with E-state index < -0.39 is 23.5 Å². The first kappa shape index (κ1) is 25.0. The molecule has 1 saturated heterocycles. The van der Waals surface area contributed by atoms with Crippen LogP contribution in [0.2, 0.25) is 0 Å². The number of carbonyl (C=O) groups excluding carboxylic acids is 1. The maximum Gasteiger partial charge on any atom is 0.251 e. The van der Waals surface area contributed by atoms with Gasteiger partial charge >= 0.3 is 0 Å². The number of anilines is 3. The number of fused-ring (bicyclic) bond motifs is 1. The van der Waals surface area contributed by atoms with Gasteiger partial charge in [0, 0.05) is 63.4 Å². The number of nitrogens with zero attached hydrogens (tertiary/aromatic N) is 4. The normalized spacial score (nSPS) is 16.9. The molecule has 0 unspecified atom stereocenters. The van der Waals surface area contributed by atoms with Gasteiger partial charge in [0.1, 0.15) is 17.5 Å². The van der Waals surface area contributed by atoms with Crippen molar-refractivity contribution < 1.29 is 22.4 Å². The van der Waals surface area contributed by atoms with E-state index in [0.717, 1.165) is 35.9 Å². The number of piperidine rings is 1. The molecule has 37 heavy (non-hydrogen) atoms. The lowest BCUT2D eigenvalue weighted by atomic mass is 10.0. The number of nitrogens with one attached hydrogen (secondary N) is 1. The Labute approximate surface area is 212 Å². The van der Waals surface area contributed by atoms with Crippen molar-refractivity contribution >= 4 is 23.2 Å². The van der Waals surface area contributed by atoms with Gasteiger partial charge in [-0.2, -0.15) is 0 Å². The average Bonchev–Trinajstić information content (AvgIpc) is 2.84. The molecule has 0 atom stereocenters. The Morgan fingerprint density at radius 2 is 1.78 bits per heavy atom. The fourth-order valence-electron chi connectivity index (χ4n) is 4.87. The molecule has 6 nitrogen and oxygen atoms in total. The van der Waals surface area contributed by atoms with Gasteiger partial charge in [-0.05, 0) is 47.9 Å². The number of carbonyl (C=O) groups is 1. The van der Waals surface area contributed by atoms with Crippen LogP contribution in [0.3, 0.4) is 0 Å². The van der Waals surface area contributed by atoms with E-state index in [4.69, 9.17) is 4.98 Å². The van der Waals surface area contributed by atoms with Crippen LogP contribution in [-0.2, 0) is 24.2 Å². The molecule has 0 radical (unpaired) electrons. The van der Waals surface area contributed by atoms with Crippen molar-refractivity contribution in [3.8, 4) is 0 Å². The van der Waals surface area contributed by atoms with Gasteiger partial charge in [-0.3, -0.25) is 9.78 Å². The van der Waals surface area contributed by atoms with Crippen molar-refractivity contribution in [1.82, 2.24) is 9.97 Å². The summed E-state index contributed by atoms with van der Waals surface area (Å²) < 4.78 is 55.0. The number of halogens is 4. The Bertz CT molecular complexity index is 1300. The van der Waals surface area contributed by atoms with Crippen LogP contribution >= 0.6 is 0 Å². The van der Waals surface area contributed by atoms with Crippen LogP contribution in [-0.4, -0.2) is 41.4 Å². The first-order valence-corrected chi connectivity index (χ1v) is 12.2. The van der Waals surface area contributed by atoms with Gasteiger partial charge in [-0.15, -0.1) is 0 Å². The Morgan fingerprint density at radius 1 is 1.05 bits per heavy atom. The topological polar surface area (TPSA) is 61.4 Å². The molecule has 0 spiro atoms. The van der Waals surface area contributed by atoms with Crippen LogP contribution in [0.5, 0.6) is 0 Å². The molecule has 1 aromatic carbocycles. The Hall–Kier alpha value is -3.69. The molecule has 4 heterocycles. The highest BCUT2D eigenvalue weighted by Crippen LogP contribution is 2.37. The summed E-state index contributed by atoms with van der Waals surface area (Å²) in [7, 11) is 0. The number of hydrogen-bond donors (Lipinski definition) is 1. The molecular formula is C27H27F4N5O. The summed E-state index contributed by atoms with van der Waals surface area (Å²) in [6, 6.07) is 8.73. The minimum absolute atomic E-state index is 0.0909. The third-order valence-corrected chi connectivity index (χ3v) is 6.82. The summed E-state index contributed by atoms with van der Waals surface area (Å²) in [4.78, 5) is 26.0. The molecule has 1 amide bonds. The lowest BCUT2D eigenvalue weighted by Gasteiger charge is -2.35. The number of pyridine rings is 2. The van der Waals surface area contributed by atoms with Crippen LogP contribution in [0, 0.1) is 18.6 Å². The molecule has 0 bridgehead atoms. The second-order valence-electron chi connectivity index (χ2n) is 9.62. The van der Waals surface area contributed by atoms with Crippen molar-refractivity contribution in [2.24, 2.45) is 0 Å². The minimum Gasteiger partial charge on any atom is -0.354 e. The van der Waals surface area contributed by atoms with Gasteiger partial charge in [-0.25, -0.2) is 22.5 Å². The van der Waals surface area contributed by atoms with E-state index >= 15 is 0 Å². The highest BCUT2D eigenvalue weighted by atomic mass is 19.3. The highest BCUT2D eigenvalue weighted by Gasteiger charge is 2.35. The van der Waals surface area contributed by atoms with E-state index in [2.05, 4.69) is 15.2 Å². The zero-order valence-corrected chi connectivity index (χ0v) is 20.4. The fourth-order valence-corrected chi connectivity index (χ4v) is 4.87. The van der Waals surface area contributed by atoms with Gasteiger partial charge < -0.3 is 15.1 Å². The molecule has 194 valence electrons. The molecule has 1 fully saturated rings. The summed E-state index contributed by atoms with van der Waals surface area (Å²) >= 11 is 0. The van der Waals surface area contributed by atoms with E-state index in [0.29, 0.717) is 36.0 Å². The van der Waals surface area contributed by atoms with E-state index in [1.165, 1.54) is 0 Å². The SMILES string of the molecule is Cc1cc(N2CCc3ncccc3C2)nc(N2CCC(F)(F)CC2)c1NC(=O)Cc1cc(F)cc(F)c1. The van der Waals surface area contributed by atoms with E-state index in [9.17, 15) is 22.4 Å². The van der Waals surface area contributed by atoms with Crippen LogP contribution in [0.25, 0.3) is 0 Å². The van der Waals surface area contributed by atoms with Crippen molar-refractivity contribution in [3.63, 3.8) is 0 Å². The van der Waals surface area contributed by atoms with Gasteiger partial charge in [0.15, 0.2) is 5.82 Å². The Morgan fingerprint density at radius 3 is 2.51 bits per heavy atom. The monoisotopic (exact) mass is 513 g/mol. The van der Waals surface area contributed by atoms with E-state index in [1.54, 1.807) is 11.1 Å². The summed E-state index contributed by atoms with van der Waals surface area (Å²) in [6.07, 6.45) is 1.66. The standard InChI is InChI=1S/C27H27F4N5O/c1-17-11-23(36-8-4-22-19(16-36)3-2-7-32-22)33-26(35-9-5-27(30,31)6-10-35)25(17)34-24(37)14-18-12-20(28)15-21(29)13-18/h2-3,7,11-13,15H,4-6,8-10,14,16H2,1H3,(H,34,37).